The number of benzene rings is 3. The molecule has 0 aliphatic rings. The van der Waals surface area contributed by atoms with Crippen molar-refractivity contribution in [3.63, 3.8) is 0 Å². The van der Waals surface area contributed by atoms with Gasteiger partial charge in [0.2, 0.25) is 10.0 Å². The number of amides is 1. The Kier molecular flexibility index (Phi) is 9.31. The predicted octanol–water partition coefficient (Wildman–Crippen LogP) is 5.93. The Morgan fingerprint density at radius 2 is 1.71 bits per heavy atom. The number of carbonyl (C=O) groups excluding carboxylic acids is 1. The average molecular weight is 538 g/mol. The maximum Gasteiger partial charge on any atom is 0.251 e. The van der Waals surface area contributed by atoms with Crippen LogP contribution in [0, 0.1) is 6.92 Å². The number of thioether (sulfide) groups is 1. The molecule has 34 heavy (non-hydrogen) atoms. The highest BCUT2D eigenvalue weighted by atomic mass is 35.5. The van der Waals surface area contributed by atoms with Crippen LogP contribution < -0.4 is 9.62 Å². The Morgan fingerprint density at radius 1 is 1.00 bits per heavy atom. The van der Waals surface area contributed by atoms with Gasteiger partial charge in [0.05, 0.1) is 28.5 Å². The third kappa shape index (κ3) is 7.40. The van der Waals surface area contributed by atoms with Gasteiger partial charge in [-0.1, -0.05) is 71.2 Å². The molecule has 9 heteroatoms. The van der Waals surface area contributed by atoms with Crippen LogP contribution in [0.3, 0.4) is 0 Å². The summed E-state index contributed by atoms with van der Waals surface area (Å²) < 4.78 is 26.0. The van der Waals surface area contributed by atoms with Gasteiger partial charge in [-0.2, -0.15) is 11.8 Å². The molecule has 0 aliphatic carbocycles. The van der Waals surface area contributed by atoms with Crippen LogP contribution in [0.15, 0.2) is 66.7 Å². The van der Waals surface area contributed by atoms with Crippen LogP contribution in [0.2, 0.25) is 10.0 Å². The number of hydrogen-bond acceptors (Lipinski definition) is 4. The number of hydrogen-bond donors (Lipinski definition) is 1. The number of nitrogens with zero attached hydrogens (tertiary/aromatic N) is 1. The van der Waals surface area contributed by atoms with Gasteiger partial charge in [-0.15, -0.1) is 0 Å². The van der Waals surface area contributed by atoms with Crippen molar-refractivity contribution in [1.29, 1.82) is 0 Å². The SMILES string of the molecule is Cc1cccc(CSCCNC(=O)c2ccc(CN(c3cccc(Cl)c3Cl)S(C)(=O)=O)cc2)c1. The molecule has 3 aromatic rings. The van der Waals surface area contributed by atoms with E-state index in [0.717, 1.165) is 17.8 Å². The van der Waals surface area contributed by atoms with Crippen LogP contribution in [0.4, 0.5) is 5.69 Å². The number of aryl methyl sites for hydroxylation is 1. The van der Waals surface area contributed by atoms with E-state index in [-0.39, 0.29) is 22.5 Å². The minimum Gasteiger partial charge on any atom is -0.351 e. The van der Waals surface area contributed by atoms with E-state index in [9.17, 15) is 13.2 Å². The highest BCUT2D eigenvalue weighted by Gasteiger charge is 2.21. The Bertz CT molecular complexity index is 1250. The van der Waals surface area contributed by atoms with Gasteiger partial charge in [0.1, 0.15) is 0 Å². The van der Waals surface area contributed by atoms with E-state index in [1.54, 1.807) is 54.2 Å². The molecule has 0 saturated heterocycles. The molecule has 0 fully saturated rings. The molecule has 180 valence electrons. The van der Waals surface area contributed by atoms with Gasteiger partial charge in [0.25, 0.3) is 5.91 Å². The third-order valence-corrected chi connectivity index (χ3v) is 7.99. The second-order valence-corrected chi connectivity index (χ2v) is 11.6. The van der Waals surface area contributed by atoms with Crippen molar-refractivity contribution < 1.29 is 13.2 Å². The summed E-state index contributed by atoms with van der Waals surface area (Å²) in [5.41, 5.74) is 4.05. The molecule has 0 heterocycles. The zero-order chi connectivity index (χ0) is 24.7. The quantitative estimate of drug-likeness (QED) is 0.326. The summed E-state index contributed by atoms with van der Waals surface area (Å²) in [5.74, 6) is 1.54. The third-order valence-electron chi connectivity index (χ3n) is 5.03. The molecule has 0 radical (unpaired) electrons. The molecule has 1 N–H and O–H groups in total. The summed E-state index contributed by atoms with van der Waals surface area (Å²) in [4.78, 5) is 12.5. The van der Waals surface area contributed by atoms with Gasteiger partial charge >= 0.3 is 0 Å². The molecule has 0 aliphatic heterocycles. The van der Waals surface area contributed by atoms with E-state index in [0.29, 0.717) is 23.4 Å². The molecule has 3 rings (SSSR count). The summed E-state index contributed by atoms with van der Waals surface area (Å²) in [5, 5.41) is 3.37. The number of halogens is 2. The zero-order valence-corrected chi connectivity index (χ0v) is 22.1. The van der Waals surface area contributed by atoms with Gasteiger partial charge in [0, 0.05) is 23.6 Å². The maximum absolute atomic E-state index is 12.5. The van der Waals surface area contributed by atoms with Gasteiger partial charge in [-0.05, 0) is 42.3 Å². The Labute approximate surface area is 215 Å². The second-order valence-electron chi connectivity index (χ2n) is 7.84. The van der Waals surface area contributed by atoms with E-state index >= 15 is 0 Å². The molecule has 1 amide bonds. The van der Waals surface area contributed by atoms with E-state index in [1.165, 1.54) is 15.4 Å². The molecule has 3 aromatic carbocycles. The Morgan fingerprint density at radius 3 is 2.38 bits per heavy atom. The first-order chi connectivity index (χ1) is 16.1. The van der Waals surface area contributed by atoms with Crippen molar-refractivity contribution in [2.45, 2.75) is 19.2 Å². The normalized spacial score (nSPS) is 11.3. The molecule has 0 unspecified atom stereocenters. The largest absolute Gasteiger partial charge is 0.351 e. The molecule has 0 atom stereocenters. The Balaban J connectivity index is 1.56. The van der Waals surface area contributed by atoms with Gasteiger partial charge in [-0.3, -0.25) is 9.10 Å². The second kappa shape index (κ2) is 12.0. The zero-order valence-electron chi connectivity index (χ0n) is 18.9. The Hall–Kier alpha value is -2.19. The van der Waals surface area contributed by atoms with Crippen LogP contribution in [-0.4, -0.2) is 32.9 Å². The average Bonchev–Trinajstić information content (AvgIpc) is 2.79. The lowest BCUT2D eigenvalue weighted by atomic mass is 10.1. The number of carbonyl (C=O) groups is 1. The monoisotopic (exact) mass is 536 g/mol. The minimum atomic E-state index is -3.61. The van der Waals surface area contributed by atoms with E-state index in [4.69, 9.17) is 23.2 Å². The summed E-state index contributed by atoms with van der Waals surface area (Å²) in [6.07, 6.45) is 1.11. The van der Waals surface area contributed by atoms with Crippen LogP contribution in [0.25, 0.3) is 0 Å². The fourth-order valence-corrected chi connectivity index (χ4v) is 5.47. The van der Waals surface area contributed by atoms with Crippen molar-refractivity contribution in [3.05, 3.63) is 99.0 Å². The van der Waals surface area contributed by atoms with Crippen molar-refractivity contribution in [2.75, 3.05) is 22.9 Å². The lowest BCUT2D eigenvalue weighted by Crippen LogP contribution is -2.29. The standard InChI is InChI=1S/C25H26Cl2N2O3S2/c1-18-5-3-6-20(15-18)17-33-14-13-28-25(30)21-11-9-19(10-12-21)16-29(34(2,31)32)23-8-4-7-22(26)24(23)27/h3-12,15H,13-14,16-17H2,1-2H3,(H,28,30). The van der Waals surface area contributed by atoms with Crippen molar-refractivity contribution in [3.8, 4) is 0 Å². The van der Waals surface area contributed by atoms with E-state index in [2.05, 4.69) is 36.5 Å². The minimum absolute atomic E-state index is 0.0659. The van der Waals surface area contributed by atoms with Crippen molar-refractivity contribution >= 4 is 56.6 Å². The highest BCUT2D eigenvalue weighted by Crippen LogP contribution is 2.34. The summed E-state index contributed by atoms with van der Waals surface area (Å²) >= 11 is 14.1. The number of nitrogens with one attached hydrogen (secondary N) is 1. The van der Waals surface area contributed by atoms with Crippen LogP contribution in [-0.2, 0) is 22.3 Å². The maximum atomic E-state index is 12.5. The fourth-order valence-electron chi connectivity index (χ4n) is 3.32. The predicted molar refractivity (Wildman–Crippen MR) is 144 cm³/mol. The molecular formula is C25H26Cl2N2O3S2. The lowest BCUT2D eigenvalue weighted by Gasteiger charge is -2.24. The molecule has 0 aromatic heterocycles. The number of rotatable bonds is 10. The van der Waals surface area contributed by atoms with Crippen molar-refractivity contribution in [2.24, 2.45) is 0 Å². The number of sulfonamides is 1. The van der Waals surface area contributed by atoms with Crippen molar-refractivity contribution in [1.82, 2.24) is 5.32 Å². The first kappa shape index (κ1) is 26.4. The molecule has 0 saturated carbocycles. The smallest absolute Gasteiger partial charge is 0.251 e. The van der Waals surface area contributed by atoms with Crippen LogP contribution >= 0.6 is 35.0 Å². The van der Waals surface area contributed by atoms with Gasteiger partial charge in [-0.25, -0.2) is 8.42 Å². The number of anilines is 1. The molecule has 5 nitrogen and oxygen atoms in total. The fraction of sp³-hybridized carbons (Fsp3) is 0.240. The summed E-state index contributed by atoms with van der Waals surface area (Å²) in [6.45, 7) is 2.70. The first-order valence-corrected chi connectivity index (χ1v) is 14.3. The molecular weight excluding hydrogens is 511 g/mol. The van der Waals surface area contributed by atoms with Gasteiger partial charge in [0.15, 0.2) is 0 Å². The highest BCUT2D eigenvalue weighted by molar-refractivity contribution is 7.98. The van der Waals surface area contributed by atoms with Crippen LogP contribution in [0.5, 0.6) is 0 Å². The van der Waals surface area contributed by atoms with E-state index < -0.39 is 10.0 Å². The lowest BCUT2D eigenvalue weighted by molar-refractivity contribution is 0.0956. The topological polar surface area (TPSA) is 66.5 Å². The first-order valence-electron chi connectivity index (χ1n) is 10.6. The van der Waals surface area contributed by atoms with E-state index in [1.807, 2.05) is 0 Å². The van der Waals surface area contributed by atoms with Gasteiger partial charge < -0.3 is 5.32 Å². The molecule has 0 bridgehead atoms. The summed E-state index contributed by atoms with van der Waals surface area (Å²) in [6, 6.07) is 20.1. The van der Waals surface area contributed by atoms with Crippen LogP contribution in [0.1, 0.15) is 27.0 Å². The summed E-state index contributed by atoms with van der Waals surface area (Å²) in [7, 11) is -3.61. The molecule has 0 spiro atoms.